The molecule has 1 rings (SSSR count). The first-order valence-electron chi connectivity index (χ1n) is 4.17. The van der Waals surface area contributed by atoms with Crippen LogP contribution in [-0.4, -0.2) is 12.7 Å². The van der Waals surface area contributed by atoms with Crippen LogP contribution in [0.2, 0.25) is 0 Å². The van der Waals surface area contributed by atoms with E-state index in [1.807, 2.05) is 0 Å². The van der Waals surface area contributed by atoms with Crippen LogP contribution in [0.1, 0.15) is 32.1 Å². The van der Waals surface area contributed by atoms with Gasteiger partial charge in [0.2, 0.25) is 0 Å². The highest BCUT2D eigenvalue weighted by atomic mass is 16.5. The number of carbonyl (C=O) groups excluding carboxylic acids is 1. The second-order valence-corrected chi connectivity index (χ2v) is 3.08. The van der Waals surface area contributed by atoms with Gasteiger partial charge in [-0.15, -0.1) is 0 Å². The number of hydrogen-bond donors (Lipinski definition) is 0. The average Bonchev–Trinajstić information content (AvgIpc) is 2.39. The molecule has 3 nitrogen and oxygen atoms in total. The lowest BCUT2D eigenvalue weighted by Crippen LogP contribution is -2.07. The number of amides is 1. The average molecular weight is 156 g/mol. The van der Waals surface area contributed by atoms with Gasteiger partial charge >= 0.3 is 6.09 Å². The number of rotatable bonds is 3. The summed E-state index contributed by atoms with van der Waals surface area (Å²) >= 11 is 0. The van der Waals surface area contributed by atoms with Gasteiger partial charge < -0.3 is 4.74 Å². The molecule has 0 atom stereocenters. The van der Waals surface area contributed by atoms with E-state index in [0.717, 1.165) is 12.3 Å². The van der Waals surface area contributed by atoms with Crippen LogP contribution in [0, 0.1) is 5.92 Å². The Morgan fingerprint density at radius 2 is 2.09 bits per heavy atom. The van der Waals surface area contributed by atoms with Crippen molar-refractivity contribution in [3.63, 3.8) is 0 Å². The van der Waals surface area contributed by atoms with Crippen molar-refractivity contribution in [1.29, 1.82) is 0 Å². The van der Waals surface area contributed by atoms with Crippen molar-refractivity contribution in [3.8, 4) is 0 Å². The molecule has 0 bridgehead atoms. The maximum Gasteiger partial charge on any atom is 0.426 e. The fraction of sp³-hybridized carbons (Fsp3) is 0.875. The van der Waals surface area contributed by atoms with Gasteiger partial charge in [0.15, 0.2) is 0 Å². The summed E-state index contributed by atoms with van der Waals surface area (Å²) in [5.41, 5.74) is 6.49. The molecule has 0 spiro atoms. The highest BCUT2D eigenvalue weighted by Crippen LogP contribution is 2.27. The molecule has 11 heavy (non-hydrogen) atoms. The Bertz CT molecular complexity index is 130. The SMILES string of the molecule is [NH]C(=O)OCCC1CCCC1. The Kier molecular flexibility index (Phi) is 3.20. The van der Waals surface area contributed by atoms with Gasteiger partial charge in [-0.3, -0.25) is 0 Å². The largest absolute Gasteiger partial charge is 0.448 e. The fourth-order valence-electron chi connectivity index (χ4n) is 1.62. The van der Waals surface area contributed by atoms with Crippen LogP contribution < -0.4 is 5.73 Å². The molecule has 1 N–H and O–H groups in total. The minimum atomic E-state index is -0.900. The Balaban J connectivity index is 1.98. The number of hydrogen-bond acceptors (Lipinski definition) is 2. The second-order valence-electron chi connectivity index (χ2n) is 3.08. The van der Waals surface area contributed by atoms with Gasteiger partial charge in [0.05, 0.1) is 6.61 Å². The van der Waals surface area contributed by atoms with Crippen LogP contribution in [0.25, 0.3) is 0 Å². The van der Waals surface area contributed by atoms with E-state index in [4.69, 9.17) is 5.73 Å². The Morgan fingerprint density at radius 3 is 2.64 bits per heavy atom. The molecular formula is C8H14NO2. The zero-order valence-corrected chi connectivity index (χ0v) is 6.64. The molecule has 63 valence electrons. The third-order valence-electron chi connectivity index (χ3n) is 2.23. The summed E-state index contributed by atoms with van der Waals surface area (Å²) < 4.78 is 4.53. The molecule has 0 aromatic carbocycles. The molecule has 1 aliphatic carbocycles. The van der Waals surface area contributed by atoms with E-state index in [2.05, 4.69) is 4.74 Å². The van der Waals surface area contributed by atoms with E-state index in [1.54, 1.807) is 0 Å². The topological polar surface area (TPSA) is 50.1 Å². The van der Waals surface area contributed by atoms with Crippen molar-refractivity contribution in [2.75, 3.05) is 6.61 Å². The van der Waals surface area contributed by atoms with Crippen molar-refractivity contribution in [3.05, 3.63) is 0 Å². The van der Waals surface area contributed by atoms with Gasteiger partial charge in [0, 0.05) is 0 Å². The van der Waals surface area contributed by atoms with Crippen LogP contribution >= 0.6 is 0 Å². The molecule has 1 radical (unpaired) electrons. The molecule has 3 heteroatoms. The van der Waals surface area contributed by atoms with Gasteiger partial charge in [-0.1, -0.05) is 25.7 Å². The Hall–Kier alpha value is -0.730. The van der Waals surface area contributed by atoms with Crippen molar-refractivity contribution >= 4 is 6.09 Å². The Morgan fingerprint density at radius 1 is 1.45 bits per heavy atom. The first kappa shape index (κ1) is 8.37. The predicted octanol–water partition coefficient (Wildman–Crippen LogP) is 1.99. The molecule has 0 aliphatic heterocycles. The summed E-state index contributed by atoms with van der Waals surface area (Å²) in [6.45, 7) is 0.438. The molecule has 0 unspecified atom stereocenters. The lowest BCUT2D eigenvalue weighted by atomic mass is 10.1. The van der Waals surface area contributed by atoms with Crippen molar-refractivity contribution in [1.82, 2.24) is 5.73 Å². The molecule has 0 saturated heterocycles. The van der Waals surface area contributed by atoms with E-state index in [0.29, 0.717) is 6.61 Å². The van der Waals surface area contributed by atoms with Crippen molar-refractivity contribution in [2.45, 2.75) is 32.1 Å². The standard InChI is InChI=1S/C8H14NO2/c9-8(10)11-6-5-7-3-1-2-4-7/h7,9H,1-6H2. The fourth-order valence-corrected chi connectivity index (χ4v) is 1.62. The van der Waals surface area contributed by atoms with Crippen molar-refractivity contribution < 1.29 is 9.53 Å². The van der Waals surface area contributed by atoms with Crippen LogP contribution in [0.15, 0.2) is 0 Å². The quantitative estimate of drug-likeness (QED) is 0.627. The molecule has 0 aromatic rings. The molecular weight excluding hydrogens is 142 g/mol. The first-order chi connectivity index (χ1) is 5.29. The Labute approximate surface area is 66.9 Å². The van der Waals surface area contributed by atoms with E-state index in [9.17, 15) is 4.79 Å². The second kappa shape index (κ2) is 4.21. The zero-order valence-electron chi connectivity index (χ0n) is 6.64. The molecule has 0 heterocycles. The molecule has 1 amide bonds. The lowest BCUT2D eigenvalue weighted by molar-refractivity contribution is 0.147. The highest BCUT2D eigenvalue weighted by molar-refractivity contribution is 5.63. The van der Waals surface area contributed by atoms with Crippen LogP contribution in [0.3, 0.4) is 0 Å². The smallest absolute Gasteiger partial charge is 0.426 e. The van der Waals surface area contributed by atoms with Crippen molar-refractivity contribution in [2.24, 2.45) is 5.92 Å². The van der Waals surface area contributed by atoms with E-state index < -0.39 is 6.09 Å². The maximum absolute atomic E-state index is 10.1. The third kappa shape index (κ3) is 3.25. The van der Waals surface area contributed by atoms with E-state index >= 15 is 0 Å². The van der Waals surface area contributed by atoms with Gasteiger partial charge in [-0.05, 0) is 12.3 Å². The third-order valence-corrected chi connectivity index (χ3v) is 2.23. The minimum absolute atomic E-state index is 0.438. The number of ether oxygens (including phenoxy) is 1. The summed E-state index contributed by atoms with van der Waals surface area (Å²) in [6.07, 6.45) is 5.23. The zero-order chi connectivity index (χ0) is 8.10. The summed E-state index contributed by atoms with van der Waals surface area (Å²) in [6, 6.07) is 0. The van der Waals surface area contributed by atoms with Crippen LogP contribution in [0.4, 0.5) is 4.79 Å². The molecule has 1 fully saturated rings. The minimum Gasteiger partial charge on any atom is -0.448 e. The van der Waals surface area contributed by atoms with Gasteiger partial charge in [-0.2, -0.15) is 0 Å². The summed E-state index contributed by atoms with van der Waals surface area (Å²) in [5.74, 6) is 0.745. The van der Waals surface area contributed by atoms with Crippen LogP contribution in [-0.2, 0) is 4.74 Å². The summed E-state index contributed by atoms with van der Waals surface area (Å²) in [4.78, 5) is 10.1. The first-order valence-corrected chi connectivity index (χ1v) is 4.17. The molecule has 1 saturated carbocycles. The number of nitrogens with one attached hydrogen (secondary N) is 1. The lowest BCUT2D eigenvalue weighted by Gasteiger charge is -2.06. The monoisotopic (exact) mass is 156 g/mol. The normalized spacial score (nSPS) is 18.5. The van der Waals surface area contributed by atoms with E-state index in [1.165, 1.54) is 25.7 Å². The van der Waals surface area contributed by atoms with Gasteiger partial charge in [0.25, 0.3) is 0 Å². The summed E-state index contributed by atoms with van der Waals surface area (Å²) in [5, 5.41) is 0. The van der Waals surface area contributed by atoms with Gasteiger partial charge in [0.1, 0.15) is 0 Å². The number of carbonyl (C=O) groups is 1. The van der Waals surface area contributed by atoms with Gasteiger partial charge in [-0.25, -0.2) is 10.5 Å². The maximum atomic E-state index is 10.1. The van der Waals surface area contributed by atoms with Crippen LogP contribution in [0.5, 0.6) is 0 Å². The molecule has 0 aromatic heterocycles. The highest BCUT2D eigenvalue weighted by Gasteiger charge is 2.14. The molecule has 1 aliphatic rings. The predicted molar refractivity (Wildman–Crippen MR) is 41.0 cm³/mol. The summed E-state index contributed by atoms with van der Waals surface area (Å²) in [7, 11) is 0. The van der Waals surface area contributed by atoms with E-state index in [-0.39, 0.29) is 0 Å².